The standard InChI is InChI=1S/C18H18O3/c1-10-8-15-16(12(3)11(10)2)17(19)9-13-6-4-5-7-14(13)18(17,20)21-15/h4-8,19-20H,9H2,1-3H3. The van der Waals surface area contributed by atoms with Crippen LogP contribution in [0.2, 0.25) is 0 Å². The smallest absolute Gasteiger partial charge is 0.268 e. The first-order chi connectivity index (χ1) is 9.88. The molecular formula is C18H18O3. The molecule has 2 aliphatic rings. The molecule has 2 aromatic rings. The lowest BCUT2D eigenvalue weighted by Gasteiger charge is -2.31. The van der Waals surface area contributed by atoms with E-state index in [4.69, 9.17) is 4.74 Å². The van der Waals surface area contributed by atoms with Crippen molar-refractivity contribution in [2.45, 2.75) is 38.6 Å². The van der Waals surface area contributed by atoms with Crippen LogP contribution >= 0.6 is 0 Å². The first kappa shape index (κ1) is 12.9. The second kappa shape index (κ2) is 3.67. The number of aryl methyl sites for hydroxylation is 1. The summed E-state index contributed by atoms with van der Waals surface area (Å²) in [5.74, 6) is -1.09. The van der Waals surface area contributed by atoms with Gasteiger partial charge in [0.15, 0.2) is 5.60 Å². The monoisotopic (exact) mass is 282 g/mol. The van der Waals surface area contributed by atoms with Crippen LogP contribution in [-0.2, 0) is 17.8 Å². The number of fused-ring (bicyclic) bond motifs is 5. The summed E-state index contributed by atoms with van der Waals surface area (Å²) in [6.07, 6.45) is 0.371. The van der Waals surface area contributed by atoms with Crippen LogP contribution in [0.1, 0.15) is 33.4 Å². The summed E-state index contributed by atoms with van der Waals surface area (Å²) in [4.78, 5) is 0. The van der Waals surface area contributed by atoms with Gasteiger partial charge in [0.2, 0.25) is 0 Å². The minimum absolute atomic E-state index is 0.371. The Hall–Kier alpha value is -1.84. The van der Waals surface area contributed by atoms with Gasteiger partial charge in [0.05, 0.1) is 0 Å². The molecule has 0 fully saturated rings. The minimum Gasteiger partial charge on any atom is -0.454 e. The number of hydrogen-bond acceptors (Lipinski definition) is 3. The molecule has 0 spiro atoms. The molecule has 1 heterocycles. The van der Waals surface area contributed by atoms with Crippen molar-refractivity contribution in [3.8, 4) is 5.75 Å². The average Bonchev–Trinajstić information content (AvgIpc) is 2.78. The lowest BCUT2D eigenvalue weighted by Crippen LogP contribution is -2.46. The number of aliphatic hydroxyl groups is 2. The molecule has 2 atom stereocenters. The second-order valence-corrected chi connectivity index (χ2v) is 6.26. The predicted octanol–water partition coefficient (Wildman–Crippen LogP) is 2.59. The fourth-order valence-corrected chi connectivity index (χ4v) is 3.82. The van der Waals surface area contributed by atoms with E-state index in [1.165, 1.54) is 0 Å². The van der Waals surface area contributed by atoms with Gasteiger partial charge in [-0.3, -0.25) is 0 Å². The fourth-order valence-electron chi connectivity index (χ4n) is 3.82. The van der Waals surface area contributed by atoms with Crippen LogP contribution in [-0.4, -0.2) is 10.2 Å². The van der Waals surface area contributed by atoms with Crippen LogP contribution < -0.4 is 4.74 Å². The lowest BCUT2D eigenvalue weighted by molar-refractivity contribution is -0.243. The third-order valence-corrected chi connectivity index (χ3v) is 5.18. The Labute approximate surface area is 123 Å². The van der Waals surface area contributed by atoms with Gasteiger partial charge in [-0.15, -0.1) is 0 Å². The van der Waals surface area contributed by atoms with E-state index in [0.717, 1.165) is 27.8 Å². The van der Waals surface area contributed by atoms with Crippen LogP contribution in [0.5, 0.6) is 5.75 Å². The Morgan fingerprint density at radius 1 is 1.05 bits per heavy atom. The zero-order chi connectivity index (χ0) is 15.0. The third kappa shape index (κ3) is 1.31. The number of benzene rings is 2. The average molecular weight is 282 g/mol. The Morgan fingerprint density at radius 3 is 2.52 bits per heavy atom. The van der Waals surface area contributed by atoms with Crippen molar-refractivity contribution in [2.75, 3.05) is 0 Å². The van der Waals surface area contributed by atoms with Gasteiger partial charge < -0.3 is 14.9 Å². The van der Waals surface area contributed by atoms with Gasteiger partial charge in [-0.25, -0.2) is 0 Å². The van der Waals surface area contributed by atoms with Gasteiger partial charge in [-0.1, -0.05) is 24.3 Å². The maximum Gasteiger partial charge on any atom is 0.268 e. The summed E-state index contributed by atoms with van der Waals surface area (Å²) in [7, 11) is 0. The summed E-state index contributed by atoms with van der Waals surface area (Å²) in [6, 6.07) is 9.45. The summed E-state index contributed by atoms with van der Waals surface area (Å²) in [6.45, 7) is 6.03. The highest BCUT2D eigenvalue weighted by molar-refractivity contribution is 5.59. The number of rotatable bonds is 0. The minimum atomic E-state index is -1.68. The van der Waals surface area contributed by atoms with Crippen LogP contribution in [0.3, 0.4) is 0 Å². The van der Waals surface area contributed by atoms with Crippen molar-refractivity contribution in [3.05, 3.63) is 63.7 Å². The summed E-state index contributed by atoms with van der Waals surface area (Å²) >= 11 is 0. The molecule has 4 rings (SSSR count). The van der Waals surface area contributed by atoms with Crippen molar-refractivity contribution < 1.29 is 14.9 Å². The third-order valence-electron chi connectivity index (χ3n) is 5.18. The Balaban J connectivity index is 2.03. The highest BCUT2D eigenvalue weighted by atomic mass is 16.7. The maximum absolute atomic E-state index is 11.3. The van der Waals surface area contributed by atoms with Gasteiger partial charge in [0, 0.05) is 17.5 Å². The van der Waals surface area contributed by atoms with Crippen LogP contribution in [0.25, 0.3) is 0 Å². The van der Waals surface area contributed by atoms with Crippen LogP contribution in [0.15, 0.2) is 30.3 Å². The summed E-state index contributed by atoms with van der Waals surface area (Å²) < 4.78 is 5.87. The topological polar surface area (TPSA) is 49.7 Å². The molecule has 2 aromatic carbocycles. The molecule has 21 heavy (non-hydrogen) atoms. The van der Waals surface area contributed by atoms with E-state index in [0.29, 0.717) is 17.7 Å². The number of ether oxygens (including phenoxy) is 1. The van der Waals surface area contributed by atoms with E-state index in [9.17, 15) is 10.2 Å². The lowest BCUT2D eigenvalue weighted by atomic mass is 9.83. The van der Waals surface area contributed by atoms with Gasteiger partial charge >= 0.3 is 0 Å². The molecule has 1 aliphatic carbocycles. The molecule has 0 saturated heterocycles. The fraction of sp³-hybridized carbons (Fsp3) is 0.333. The van der Waals surface area contributed by atoms with Gasteiger partial charge in [-0.05, 0) is 49.1 Å². The van der Waals surface area contributed by atoms with Crippen LogP contribution in [0.4, 0.5) is 0 Å². The molecule has 0 saturated carbocycles. The van der Waals surface area contributed by atoms with Crippen LogP contribution in [0, 0.1) is 20.8 Å². The normalized spacial score (nSPS) is 28.8. The van der Waals surface area contributed by atoms with E-state index in [1.54, 1.807) is 0 Å². The molecule has 0 aromatic heterocycles. The molecule has 108 valence electrons. The largest absolute Gasteiger partial charge is 0.454 e. The SMILES string of the molecule is Cc1cc2c(c(C)c1C)C1(O)Cc3ccccc3C1(O)O2. The molecule has 0 bridgehead atoms. The molecule has 0 amide bonds. The quantitative estimate of drug-likeness (QED) is 0.781. The predicted molar refractivity (Wildman–Crippen MR) is 79.2 cm³/mol. The van der Waals surface area contributed by atoms with E-state index < -0.39 is 11.4 Å². The van der Waals surface area contributed by atoms with Crippen molar-refractivity contribution in [3.63, 3.8) is 0 Å². The molecule has 0 radical (unpaired) electrons. The van der Waals surface area contributed by atoms with Crippen molar-refractivity contribution in [2.24, 2.45) is 0 Å². The van der Waals surface area contributed by atoms with Crippen molar-refractivity contribution >= 4 is 0 Å². The molecule has 3 heteroatoms. The van der Waals surface area contributed by atoms with Gasteiger partial charge in [-0.2, -0.15) is 0 Å². The summed E-state index contributed by atoms with van der Waals surface area (Å²) in [5.41, 5.74) is 4.15. The van der Waals surface area contributed by atoms with Crippen molar-refractivity contribution in [1.82, 2.24) is 0 Å². The molecule has 2 unspecified atom stereocenters. The van der Waals surface area contributed by atoms with Crippen molar-refractivity contribution in [1.29, 1.82) is 0 Å². The zero-order valence-electron chi connectivity index (χ0n) is 12.4. The first-order valence-electron chi connectivity index (χ1n) is 7.22. The van der Waals surface area contributed by atoms with E-state index in [2.05, 4.69) is 0 Å². The Morgan fingerprint density at radius 2 is 1.76 bits per heavy atom. The highest BCUT2D eigenvalue weighted by Crippen LogP contribution is 2.59. The maximum atomic E-state index is 11.3. The van der Waals surface area contributed by atoms with E-state index in [-0.39, 0.29) is 0 Å². The second-order valence-electron chi connectivity index (χ2n) is 6.26. The zero-order valence-corrected chi connectivity index (χ0v) is 12.4. The van der Waals surface area contributed by atoms with E-state index in [1.807, 2.05) is 51.1 Å². The number of hydrogen-bond donors (Lipinski definition) is 2. The molecule has 3 nitrogen and oxygen atoms in total. The van der Waals surface area contributed by atoms with E-state index >= 15 is 0 Å². The van der Waals surface area contributed by atoms with Gasteiger partial charge in [0.25, 0.3) is 5.79 Å². The molecular weight excluding hydrogens is 264 g/mol. The summed E-state index contributed by atoms with van der Waals surface area (Å²) in [5, 5.41) is 22.4. The Bertz CT molecular complexity index is 780. The first-order valence-corrected chi connectivity index (χ1v) is 7.22. The molecule has 1 aliphatic heterocycles. The highest BCUT2D eigenvalue weighted by Gasteiger charge is 2.65. The Kier molecular flexibility index (Phi) is 2.25. The molecule has 2 N–H and O–H groups in total. The van der Waals surface area contributed by atoms with Gasteiger partial charge in [0.1, 0.15) is 5.75 Å².